The van der Waals surface area contributed by atoms with Gasteiger partial charge in [-0.2, -0.15) is 0 Å². The fraction of sp³-hybridized carbons (Fsp3) is 1.00. The lowest BCUT2D eigenvalue weighted by molar-refractivity contribution is 0.0725. The van der Waals surface area contributed by atoms with Crippen LogP contribution < -0.4 is 0 Å². The summed E-state index contributed by atoms with van der Waals surface area (Å²) in [6.07, 6.45) is 8.55. The number of hydrogen-bond acceptors (Lipinski definition) is 2. The molecule has 0 aromatic carbocycles. The molecule has 0 bridgehead atoms. The van der Waals surface area contributed by atoms with Crippen LogP contribution in [0, 0.1) is 0 Å². The third kappa shape index (κ3) is 2.98. The Labute approximate surface area is 101 Å². The molecule has 2 rings (SSSR count). The first-order valence-electron chi connectivity index (χ1n) is 7.29. The summed E-state index contributed by atoms with van der Waals surface area (Å²) in [5.41, 5.74) is 0. The van der Waals surface area contributed by atoms with Gasteiger partial charge in [-0.05, 0) is 26.2 Å². The van der Waals surface area contributed by atoms with Crippen LogP contribution in [-0.2, 0) is 0 Å². The van der Waals surface area contributed by atoms with E-state index >= 15 is 0 Å². The Kier molecular flexibility index (Phi) is 4.66. The van der Waals surface area contributed by atoms with Crippen molar-refractivity contribution < 1.29 is 0 Å². The van der Waals surface area contributed by atoms with Crippen LogP contribution in [0.5, 0.6) is 0 Å². The van der Waals surface area contributed by atoms with Crippen molar-refractivity contribution in [2.45, 2.75) is 64.5 Å². The predicted octanol–water partition coefficient (Wildman–Crippen LogP) is 2.74. The molecule has 0 radical (unpaired) electrons. The maximum absolute atomic E-state index is 2.75. The van der Waals surface area contributed by atoms with Crippen molar-refractivity contribution in [2.24, 2.45) is 0 Å². The largest absolute Gasteiger partial charge is 0.298 e. The molecule has 1 atom stereocenters. The molecule has 0 amide bonds. The number of rotatable bonds is 4. The zero-order valence-electron chi connectivity index (χ0n) is 11.1. The minimum atomic E-state index is 0.802. The van der Waals surface area contributed by atoms with Crippen molar-refractivity contribution in [3.63, 3.8) is 0 Å². The molecule has 2 nitrogen and oxygen atoms in total. The quantitative estimate of drug-likeness (QED) is 0.724. The average molecular weight is 224 g/mol. The van der Waals surface area contributed by atoms with Gasteiger partial charge < -0.3 is 0 Å². The normalized spacial score (nSPS) is 27.4. The molecule has 1 unspecified atom stereocenters. The van der Waals surface area contributed by atoms with E-state index in [-0.39, 0.29) is 0 Å². The molecule has 0 spiro atoms. The molecule has 1 saturated carbocycles. The molecule has 0 aromatic rings. The van der Waals surface area contributed by atoms with E-state index in [9.17, 15) is 0 Å². The van der Waals surface area contributed by atoms with Gasteiger partial charge in [-0.1, -0.05) is 26.2 Å². The summed E-state index contributed by atoms with van der Waals surface area (Å²) in [5.74, 6) is 0. The van der Waals surface area contributed by atoms with Crippen LogP contribution in [0.3, 0.4) is 0 Å². The van der Waals surface area contributed by atoms with Crippen LogP contribution >= 0.6 is 0 Å². The Bertz CT molecular complexity index is 191. The van der Waals surface area contributed by atoms with Gasteiger partial charge in [0.15, 0.2) is 0 Å². The summed E-state index contributed by atoms with van der Waals surface area (Å²) in [6.45, 7) is 9.94. The molecule has 1 heterocycles. The average Bonchev–Trinajstić information content (AvgIpc) is 2.83. The fourth-order valence-corrected chi connectivity index (χ4v) is 3.41. The lowest BCUT2D eigenvalue weighted by atomic mass is 10.1. The lowest BCUT2D eigenvalue weighted by Gasteiger charge is -2.40. The smallest absolute Gasteiger partial charge is 0.0113 e. The van der Waals surface area contributed by atoms with E-state index in [0.29, 0.717) is 0 Å². The van der Waals surface area contributed by atoms with Crippen molar-refractivity contribution >= 4 is 0 Å². The highest BCUT2D eigenvalue weighted by Crippen LogP contribution is 2.24. The van der Waals surface area contributed by atoms with Crippen LogP contribution in [0.1, 0.15) is 52.4 Å². The van der Waals surface area contributed by atoms with E-state index < -0.39 is 0 Å². The molecule has 1 aliphatic carbocycles. The van der Waals surface area contributed by atoms with Gasteiger partial charge in [-0.3, -0.25) is 9.80 Å². The SMILES string of the molecule is CCCC(C)N1CCN(C2CCCC2)CC1. The van der Waals surface area contributed by atoms with E-state index in [0.717, 1.165) is 12.1 Å². The van der Waals surface area contributed by atoms with Crippen LogP contribution in [0.4, 0.5) is 0 Å². The standard InChI is InChI=1S/C14H28N2/c1-3-6-13(2)15-9-11-16(12-10-15)14-7-4-5-8-14/h13-14H,3-12H2,1-2H3. The third-order valence-electron chi connectivity index (χ3n) is 4.52. The number of piperazine rings is 1. The van der Waals surface area contributed by atoms with Crippen LogP contribution in [0.25, 0.3) is 0 Å². The van der Waals surface area contributed by atoms with Gasteiger partial charge in [0, 0.05) is 38.3 Å². The molecular formula is C14H28N2. The van der Waals surface area contributed by atoms with Crippen molar-refractivity contribution in [1.29, 1.82) is 0 Å². The molecule has 2 fully saturated rings. The molecule has 2 aliphatic rings. The maximum atomic E-state index is 2.75. The molecule has 94 valence electrons. The van der Waals surface area contributed by atoms with Gasteiger partial charge in [0.25, 0.3) is 0 Å². The second-order valence-electron chi connectivity index (χ2n) is 5.65. The summed E-state index contributed by atoms with van der Waals surface area (Å²) in [5, 5.41) is 0. The number of nitrogens with zero attached hydrogens (tertiary/aromatic N) is 2. The highest BCUT2D eigenvalue weighted by molar-refractivity contribution is 4.83. The second kappa shape index (κ2) is 6.02. The van der Waals surface area contributed by atoms with E-state index in [1.807, 2.05) is 0 Å². The molecule has 2 heteroatoms. The molecule has 16 heavy (non-hydrogen) atoms. The lowest BCUT2D eigenvalue weighted by Crippen LogP contribution is -2.52. The van der Waals surface area contributed by atoms with Gasteiger partial charge in [-0.15, -0.1) is 0 Å². The minimum absolute atomic E-state index is 0.802. The maximum Gasteiger partial charge on any atom is 0.0113 e. The predicted molar refractivity (Wildman–Crippen MR) is 69.8 cm³/mol. The van der Waals surface area contributed by atoms with Gasteiger partial charge in [0.05, 0.1) is 0 Å². The van der Waals surface area contributed by atoms with Gasteiger partial charge in [0.2, 0.25) is 0 Å². The Morgan fingerprint density at radius 3 is 2.25 bits per heavy atom. The van der Waals surface area contributed by atoms with Crippen molar-refractivity contribution in [2.75, 3.05) is 26.2 Å². The zero-order valence-corrected chi connectivity index (χ0v) is 11.1. The summed E-state index contributed by atoms with van der Waals surface area (Å²) >= 11 is 0. The topological polar surface area (TPSA) is 6.48 Å². The van der Waals surface area contributed by atoms with Crippen molar-refractivity contribution in [3.05, 3.63) is 0 Å². The minimum Gasteiger partial charge on any atom is -0.298 e. The first kappa shape index (κ1) is 12.4. The molecule has 1 aliphatic heterocycles. The summed E-state index contributed by atoms with van der Waals surface area (Å²) in [7, 11) is 0. The van der Waals surface area contributed by atoms with E-state index in [1.165, 1.54) is 64.7 Å². The highest BCUT2D eigenvalue weighted by Gasteiger charge is 2.27. The summed E-state index contributed by atoms with van der Waals surface area (Å²) in [4.78, 5) is 5.44. The Morgan fingerprint density at radius 2 is 1.69 bits per heavy atom. The highest BCUT2D eigenvalue weighted by atomic mass is 15.3. The van der Waals surface area contributed by atoms with Gasteiger partial charge >= 0.3 is 0 Å². The third-order valence-corrected chi connectivity index (χ3v) is 4.52. The second-order valence-corrected chi connectivity index (χ2v) is 5.65. The van der Waals surface area contributed by atoms with Crippen LogP contribution in [0.2, 0.25) is 0 Å². The Balaban J connectivity index is 1.73. The first-order chi connectivity index (χ1) is 7.81. The van der Waals surface area contributed by atoms with E-state index in [1.54, 1.807) is 0 Å². The van der Waals surface area contributed by atoms with E-state index in [2.05, 4.69) is 23.6 Å². The Morgan fingerprint density at radius 1 is 1.06 bits per heavy atom. The zero-order chi connectivity index (χ0) is 11.4. The van der Waals surface area contributed by atoms with Gasteiger partial charge in [0.1, 0.15) is 0 Å². The summed E-state index contributed by atoms with van der Waals surface area (Å²) < 4.78 is 0. The van der Waals surface area contributed by atoms with E-state index in [4.69, 9.17) is 0 Å². The monoisotopic (exact) mass is 224 g/mol. The van der Waals surface area contributed by atoms with Crippen molar-refractivity contribution in [1.82, 2.24) is 9.80 Å². The molecule has 1 saturated heterocycles. The molecule has 0 N–H and O–H groups in total. The fourth-order valence-electron chi connectivity index (χ4n) is 3.41. The Hall–Kier alpha value is -0.0800. The van der Waals surface area contributed by atoms with Gasteiger partial charge in [-0.25, -0.2) is 0 Å². The first-order valence-corrected chi connectivity index (χ1v) is 7.29. The number of hydrogen-bond donors (Lipinski definition) is 0. The summed E-state index contributed by atoms with van der Waals surface area (Å²) in [6, 6.07) is 1.74. The van der Waals surface area contributed by atoms with Crippen LogP contribution in [-0.4, -0.2) is 48.1 Å². The molecular weight excluding hydrogens is 196 g/mol. The van der Waals surface area contributed by atoms with Crippen molar-refractivity contribution in [3.8, 4) is 0 Å². The van der Waals surface area contributed by atoms with Crippen LogP contribution in [0.15, 0.2) is 0 Å². The molecule has 0 aromatic heterocycles.